The molecular weight excluding hydrogens is 209 g/mol. The molecule has 14 heavy (non-hydrogen) atoms. The summed E-state index contributed by atoms with van der Waals surface area (Å²) in [5.74, 6) is -1.08. The maximum absolute atomic E-state index is 13.2. The highest BCUT2D eigenvalue weighted by molar-refractivity contribution is 6.33. The Hall–Kier alpha value is -1.29. The van der Waals surface area contributed by atoms with Gasteiger partial charge >= 0.3 is 5.97 Å². The summed E-state index contributed by atoms with van der Waals surface area (Å²) in [4.78, 5) is 10.9. The van der Waals surface area contributed by atoms with E-state index in [2.05, 4.69) is 4.74 Å². The summed E-state index contributed by atoms with van der Waals surface area (Å²) in [7, 11) is 1.24. The number of carbonyl (C=O) groups is 1. The largest absolute Gasteiger partial charge is 0.469 e. The lowest BCUT2D eigenvalue weighted by Gasteiger charge is -2.04. The van der Waals surface area contributed by atoms with Crippen LogP contribution in [0, 0.1) is 5.82 Å². The fraction of sp³-hybridized carbons (Fsp3) is 0.222. The van der Waals surface area contributed by atoms with E-state index >= 15 is 0 Å². The first-order chi connectivity index (χ1) is 6.54. The molecule has 0 atom stereocenters. The van der Waals surface area contributed by atoms with Crippen LogP contribution in [0.25, 0.3) is 0 Å². The van der Waals surface area contributed by atoms with Crippen molar-refractivity contribution in [2.45, 2.75) is 6.42 Å². The van der Waals surface area contributed by atoms with E-state index in [4.69, 9.17) is 17.3 Å². The Morgan fingerprint density at radius 1 is 1.64 bits per heavy atom. The molecule has 1 aromatic rings. The highest BCUT2D eigenvalue weighted by atomic mass is 35.5. The molecule has 0 saturated carbocycles. The van der Waals surface area contributed by atoms with Crippen LogP contribution >= 0.6 is 11.6 Å². The third-order valence-corrected chi connectivity index (χ3v) is 2.06. The van der Waals surface area contributed by atoms with Crippen LogP contribution in [0.3, 0.4) is 0 Å². The molecule has 0 fully saturated rings. The van der Waals surface area contributed by atoms with Crippen molar-refractivity contribution in [1.82, 2.24) is 0 Å². The van der Waals surface area contributed by atoms with E-state index in [1.165, 1.54) is 13.2 Å². The fourth-order valence-electron chi connectivity index (χ4n) is 0.967. The van der Waals surface area contributed by atoms with Gasteiger partial charge in [0.1, 0.15) is 5.82 Å². The molecule has 1 rings (SSSR count). The maximum atomic E-state index is 13.2. The van der Waals surface area contributed by atoms with Gasteiger partial charge in [0.2, 0.25) is 0 Å². The zero-order chi connectivity index (χ0) is 10.7. The lowest BCUT2D eigenvalue weighted by molar-refractivity contribution is -0.139. The number of halogens is 2. The molecule has 0 aromatic heterocycles. The van der Waals surface area contributed by atoms with Gasteiger partial charge in [-0.2, -0.15) is 0 Å². The molecule has 1 aromatic carbocycles. The standard InChI is InChI=1S/C9H9ClFNO2/c1-14-9(13)3-5-2-6(10)8(12)4-7(5)11/h2,4H,3,12H2,1H3. The molecule has 0 radical (unpaired) electrons. The summed E-state index contributed by atoms with van der Waals surface area (Å²) >= 11 is 5.67. The minimum atomic E-state index is -0.558. The van der Waals surface area contributed by atoms with Crippen LogP contribution in [0.4, 0.5) is 10.1 Å². The first kappa shape index (κ1) is 10.8. The van der Waals surface area contributed by atoms with Crippen molar-refractivity contribution in [3.63, 3.8) is 0 Å². The Kier molecular flexibility index (Phi) is 3.30. The van der Waals surface area contributed by atoms with E-state index in [0.717, 1.165) is 6.07 Å². The second kappa shape index (κ2) is 4.28. The number of nitrogens with two attached hydrogens (primary N) is 1. The normalized spacial score (nSPS) is 9.93. The highest BCUT2D eigenvalue weighted by Gasteiger charge is 2.10. The third-order valence-electron chi connectivity index (χ3n) is 1.73. The van der Waals surface area contributed by atoms with E-state index in [-0.39, 0.29) is 22.7 Å². The molecule has 0 amide bonds. The molecule has 0 unspecified atom stereocenters. The number of nitrogen functional groups attached to an aromatic ring is 1. The van der Waals surface area contributed by atoms with Gasteiger partial charge in [-0.3, -0.25) is 4.79 Å². The van der Waals surface area contributed by atoms with Gasteiger partial charge in [0.15, 0.2) is 0 Å². The van der Waals surface area contributed by atoms with Crippen molar-refractivity contribution in [3.05, 3.63) is 28.5 Å². The topological polar surface area (TPSA) is 52.3 Å². The maximum Gasteiger partial charge on any atom is 0.310 e. The van der Waals surface area contributed by atoms with Crippen molar-refractivity contribution < 1.29 is 13.9 Å². The van der Waals surface area contributed by atoms with Crippen LogP contribution < -0.4 is 5.73 Å². The molecule has 0 spiro atoms. The number of anilines is 1. The third kappa shape index (κ3) is 2.35. The van der Waals surface area contributed by atoms with E-state index < -0.39 is 11.8 Å². The van der Waals surface area contributed by atoms with Crippen LogP contribution in [0.15, 0.2) is 12.1 Å². The lowest BCUT2D eigenvalue weighted by atomic mass is 10.1. The number of benzene rings is 1. The molecule has 76 valence electrons. The predicted molar refractivity (Wildman–Crippen MR) is 51.5 cm³/mol. The number of methoxy groups -OCH3 is 1. The van der Waals surface area contributed by atoms with Gasteiger partial charge in [0, 0.05) is 5.56 Å². The van der Waals surface area contributed by atoms with Crippen molar-refractivity contribution in [2.75, 3.05) is 12.8 Å². The van der Waals surface area contributed by atoms with E-state index in [1.807, 2.05) is 0 Å². The Morgan fingerprint density at radius 2 is 2.29 bits per heavy atom. The second-order valence-corrected chi connectivity index (χ2v) is 3.13. The van der Waals surface area contributed by atoms with Crippen molar-refractivity contribution in [2.24, 2.45) is 0 Å². The quantitative estimate of drug-likeness (QED) is 0.607. The van der Waals surface area contributed by atoms with Crippen LogP contribution in [0.1, 0.15) is 5.56 Å². The average molecular weight is 218 g/mol. The predicted octanol–water partition coefficient (Wildman–Crippen LogP) is 1.78. The van der Waals surface area contributed by atoms with Crippen LogP contribution in [0.2, 0.25) is 5.02 Å². The van der Waals surface area contributed by atoms with Gasteiger partial charge in [-0.15, -0.1) is 0 Å². The van der Waals surface area contributed by atoms with Crippen LogP contribution in [0.5, 0.6) is 0 Å². The zero-order valence-corrected chi connectivity index (χ0v) is 8.27. The van der Waals surface area contributed by atoms with Crippen molar-refractivity contribution in [1.29, 1.82) is 0 Å². The van der Waals surface area contributed by atoms with Crippen molar-refractivity contribution >= 4 is 23.3 Å². The van der Waals surface area contributed by atoms with E-state index in [0.29, 0.717) is 0 Å². The number of rotatable bonds is 2. The summed E-state index contributed by atoms with van der Waals surface area (Å²) in [6.07, 6.45) is -0.150. The lowest BCUT2D eigenvalue weighted by Crippen LogP contribution is -2.06. The molecule has 0 aliphatic rings. The second-order valence-electron chi connectivity index (χ2n) is 2.72. The molecule has 0 saturated heterocycles. The Bertz CT molecular complexity index is 368. The first-order valence-electron chi connectivity index (χ1n) is 3.84. The summed E-state index contributed by atoms with van der Waals surface area (Å²) in [5, 5.41) is 0.227. The van der Waals surface area contributed by atoms with Crippen molar-refractivity contribution in [3.8, 4) is 0 Å². The summed E-state index contributed by atoms with van der Waals surface area (Å²) in [6, 6.07) is 2.41. The smallest absolute Gasteiger partial charge is 0.310 e. The van der Waals surface area contributed by atoms with Gasteiger partial charge in [-0.05, 0) is 12.1 Å². The number of hydrogen-bond acceptors (Lipinski definition) is 3. The minimum Gasteiger partial charge on any atom is -0.469 e. The number of ether oxygens (including phenoxy) is 1. The summed E-state index contributed by atoms with van der Waals surface area (Å²) in [5.41, 5.74) is 5.69. The fourth-order valence-corrected chi connectivity index (χ4v) is 1.15. The number of hydrogen-bond donors (Lipinski definition) is 1. The van der Waals surface area contributed by atoms with Gasteiger partial charge < -0.3 is 10.5 Å². The molecule has 0 heterocycles. The SMILES string of the molecule is COC(=O)Cc1cc(Cl)c(N)cc1F. The van der Waals surface area contributed by atoms with Gasteiger partial charge in [0.05, 0.1) is 24.2 Å². The molecule has 2 N–H and O–H groups in total. The van der Waals surface area contributed by atoms with Gasteiger partial charge in [0.25, 0.3) is 0 Å². The molecule has 5 heteroatoms. The molecule has 0 bridgehead atoms. The Balaban J connectivity index is 2.98. The molecule has 0 aliphatic carbocycles. The van der Waals surface area contributed by atoms with E-state index in [9.17, 15) is 9.18 Å². The Labute approximate surface area is 85.6 Å². The molecule has 3 nitrogen and oxygen atoms in total. The average Bonchev–Trinajstić information content (AvgIpc) is 2.14. The van der Waals surface area contributed by atoms with Crippen LogP contribution in [-0.2, 0) is 16.0 Å². The monoisotopic (exact) mass is 217 g/mol. The number of esters is 1. The van der Waals surface area contributed by atoms with Gasteiger partial charge in [-0.1, -0.05) is 11.6 Å². The Morgan fingerprint density at radius 3 is 2.86 bits per heavy atom. The molecule has 0 aliphatic heterocycles. The summed E-state index contributed by atoms with van der Waals surface area (Å²) in [6.45, 7) is 0. The summed E-state index contributed by atoms with van der Waals surface area (Å²) < 4.78 is 17.6. The molecular formula is C9H9ClFNO2. The van der Waals surface area contributed by atoms with E-state index in [1.54, 1.807) is 0 Å². The van der Waals surface area contributed by atoms with Crippen LogP contribution in [-0.4, -0.2) is 13.1 Å². The number of carbonyl (C=O) groups excluding carboxylic acids is 1. The zero-order valence-electron chi connectivity index (χ0n) is 7.51. The minimum absolute atomic E-state index is 0.150. The van der Waals surface area contributed by atoms with Gasteiger partial charge in [-0.25, -0.2) is 4.39 Å². The first-order valence-corrected chi connectivity index (χ1v) is 4.22. The highest BCUT2D eigenvalue weighted by Crippen LogP contribution is 2.23.